The Bertz CT molecular complexity index is 157. The Morgan fingerprint density at radius 1 is 1.46 bits per heavy atom. The average Bonchev–Trinajstić information content (AvgIpc) is 1.99. The van der Waals surface area contributed by atoms with Gasteiger partial charge in [0, 0.05) is 0 Å². The summed E-state index contributed by atoms with van der Waals surface area (Å²) < 4.78 is 0. The third-order valence-corrected chi connectivity index (χ3v) is 2.22. The van der Waals surface area contributed by atoms with Gasteiger partial charge in [0.05, 0.1) is 0 Å². The van der Waals surface area contributed by atoms with Gasteiger partial charge in [0.2, 0.25) is 0 Å². The molecule has 0 aliphatic carbocycles. The number of hydrogen-bond donors (Lipinski definition) is 1. The smallest absolute Gasteiger partial charge is 0.321 e. The van der Waals surface area contributed by atoms with Crippen molar-refractivity contribution in [2.75, 3.05) is 13.6 Å². The predicted molar refractivity (Wildman–Crippen MR) is 53.8 cm³/mol. The Morgan fingerprint density at radius 2 is 2.00 bits per heavy atom. The van der Waals surface area contributed by atoms with Crippen LogP contribution < -0.4 is 0 Å². The molecule has 1 N–H and O–H groups in total. The van der Waals surface area contributed by atoms with Crippen LogP contribution in [0.1, 0.15) is 33.6 Å². The number of carboxylic acids is 1. The van der Waals surface area contributed by atoms with Crippen molar-refractivity contribution in [2.24, 2.45) is 5.92 Å². The van der Waals surface area contributed by atoms with Crippen molar-refractivity contribution in [1.29, 1.82) is 0 Å². The molecule has 0 saturated heterocycles. The summed E-state index contributed by atoms with van der Waals surface area (Å²) in [6.07, 6.45) is 2.17. The summed E-state index contributed by atoms with van der Waals surface area (Å²) in [4.78, 5) is 12.8. The Morgan fingerprint density at radius 3 is 2.31 bits per heavy atom. The first kappa shape index (κ1) is 12.4. The molecule has 0 aromatic carbocycles. The number of likely N-dealkylation sites (N-methyl/N-ethyl adjacent to an activating group) is 1. The third kappa shape index (κ3) is 4.27. The SMILES string of the molecule is CCCCN(C)C(C(=O)O)C(C)C. The fourth-order valence-electron chi connectivity index (χ4n) is 1.53. The highest BCUT2D eigenvalue weighted by atomic mass is 16.4. The Labute approximate surface area is 80.7 Å². The van der Waals surface area contributed by atoms with E-state index in [4.69, 9.17) is 5.11 Å². The summed E-state index contributed by atoms with van der Waals surface area (Å²) in [7, 11) is 1.88. The van der Waals surface area contributed by atoms with E-state index in [1.807, 2.05) is 25.8 Å². The van der Waals surface area contributed by atoms with Crippen molar-refractivity contribution in [3.63, 3.8) is 0 Å². The van der Waals surface area contributed by atoms with E-state index in [0.717, 1.165) is 19.4 Å². The number of carboxylic acid groups (broad SMARTS) is 1. The molecular weight excluding hydrogens is 166 g/mol. The molecule has 0 spiro atoms. The zero-order chi connectivity index (χ0) is 10.4. The van der Waals surface area contributed by atoms with Crippen molar-refractivity contribution < 1.29 is 9.90 Å². The maximum absolute atomic E-state index is 10.9. The van der Waals surface area contributed by atoms with Gasteiger partial charge in [0.1, 0.15) is 6.04 Å². The molecule has 0 aromatic heterocycles. The molecule has 0 bridgehead atoms. The zero-order valence-electron chi connectivity index (χ0n) is 9.08. The Kier molecular flexibility index (Phi) is 5.71. The normalized spacial score (nSPS) is 13.7. The van der Waals surface area contributed by atoms with Crippen LogP contribution in [0.25, 0.3) is 0 Å². The minimum absolute atomic E-state index is 0.166. The van der Waals surface area contributed by atoms with E-state index < -0.39 is 5.97 Å². The first-order valence-electron chi connectivity index (χ1n) is 4.93. The number of nitrogens with zero attached hydrogens (tertiary/aromatic N) is 1. The second-order valence-corrected chi connectivity index (χ2v) is 3.86. The van der Waals surface area contributed by atoms with Crippen LogP contribution >= 0.6 is 0 Å². The van der Waals surface area contributed by atoms with Gasteiger partial charge in [-0.15, -0.1) is 0 Å². The summed E-state index contributed by atoms with van der Waals surface area (Å²) in [5.41, 5.74) is 0. The fraction of sp³-hybridized carbons (Fsp3) is 0.900. The third-order valence-electron chi connectivity index (χ3n) is 2.22. The summed E-state index contributed by atoms with van der Waals surface area (Å²) in [6, 6.07) is -0.341. The Hall–Kier alpha value is -0.570. The molecule has 0 saturated carbocycles. The largest absolute Gasteiger partial charge is 0.480 e. The number of rotatable bonds is 6. The molecule has 3 heteroatoms. The van der Waals surface area contributed by atoms with Crippen LogP contribution in [0.2, 0.25) is 0 Å². The first-order chi connectivity index (χ1) is 6.00. The lowest BCUT2D eigenvalue weighted by Crippen LogP contribution is -2.42. The molecule has 13 heavy (non-hydrogen) atoms. The quantitative estimate of drug-likeness (QED) is 0.689. The molecule has 0 aliphatic heterocycles. The molecule has 0 fully saturated rings. The van der Waals surface area contributed by atoms with Gasteiger partial charge in [-0.05, 0) is 25.9 Å². The monoisotopic (exact) mass is 187 g/mol. The predicted octanol–water partition coefficient (Wildman–Crippen LogP) is 1.83. The van der Waals surface area contributed by atoms with Crippen molar-refractivity contribution in [3.8, 4) is 0 Å². The molecule has 0 aromatic rings. The van der Waals surface area contributed by atoms with E-state index in [1.165, 1.54) is 0 Å². The van der Waals surface area contributed by atoms with E-state index in [0.29, 0.717) is 0 Å². The average molecular weight is 187 g/mol. The maximum atomic E-state index is 10.9. The lowest BCUT2D eigenvalue weighted by atomic mass is 10.0. The minimum atomic E-state index is -0.714. The van der Waals surface area contributed by atoms with Crippen LogP contribution in [0.3, 0.4) is 0 Å². The molecule has 0 radical (unpaired) electrons. The summed E-state index contributed by atoms with van der Waals surface area (Å²) in [5.74, 6) is -0.548. The van der Waals surface area contributed by atoms with E-state index in [-0.39, 0.29) is 12.0 Å². The minimum Gasteiger partial charge on any atom is -0.480 e. The second kappa shape index (κ2) is 5.97. The Balaban J connectivity index is 4.12. The van der Waals surface area contributed by atoms with Gasteiger partial charge in [-0.1, -0.05) is 27.2 Å². The molecule has 3 nitrogen and oxygen atoms in total. The van der Waals surface area contributed by atoms with Gasteiger partial charge in [-0.3, -0.25) is 9.69 Å². The van der Waals surface area contributed by atoms with Crippen LogP contribution in [-0.2, 0) is 4.79 Å². The van der Waals surface area contributed by atoms with Gasteiger partial charge in [-0.2, -0.15) is 0 Å². The zero-order valence-corrected chi connectivity index (χ0v) is 9.08. The van der Waals surface area contributed by atoms with E-state index in [1.54, 1.807) is 0 Å². The van der Waals surface area contributed by atoms with Crippen LogP contribution in [-0.4, -0.2) is 35.6 Å². The molecule has 0 amide bonds. The van der Waals surface area contributed by atoms with Gasteiger partial charge in [-0.25, -0.2) is 0 Å². The van der Waals surface area contributed by atoms with Crippen molar-refractivity contribution in [2.45, 2.75) is 39.7 Å². The first-order valence-corrected chi connectivity index (χ1v) is 4.93. The van der Waals surface area contributed by atoms with Crippen LogP contribution in [0.15, 0.2) is 0 Å². The molecule has 1 atom stereocenters. The van der Waals surface area contributed by atoms with Crippen LogP contribution in [0, 0.1) is 5.92 Å². The van der Waals surface area contributed by atoms with Crippen molar-refractivity contribution in [3.05, 3.63) is 0 Å². The van der Waals surface area contributed by atoms with E-state index >= 15 is 0 Å². The highest BCUT2D eigenvalue weighted by Gasteiger charge is 2.25. The fourth-order valence-corrected chi connectivity index (χ4v) is 1.53. The summed E-state index contributed by atoms with van der Waals surface area (Å²) in [6.45, 7) is 6.87. The van der Waals surface area contributed by atoms with E-state index in [2.05, 4.69) is 6.92 Å². The summed E-state index contributed by atoms with van der Waals surface area (Å²) in [5, 5.41) is 8.97. The maximum Gasteiger partial charge on any atom is 0.321 e. The molecule has 0 aliphatic rings. The molecule has 1 unspecified atom stereocenters. The summed E-state index contributed by atoms with van der Waals surface area (Å²) >= 11 is 0. The topological polar surface area (TPSA) is 40.5 Å². The number of hydrogen-bond acceptors (Lipinski definition) is 2. The van der Waals surface area contributed by atoms with Gasteiger partial charge >= 0.3 is 5.97 Å². The second-order valence-electron chi connectivity index (χ2n) is 3.86. The van der Waals surface area contributed by atoms with Crippen LogP contribution in [0.4, 0.5) is 0 Å². The highest BCUT2D eigenvalue weighted by Crippen LogP contribution is 2.10. The van der Waals surface area contributed by atoms with Gasteiger partial charge in [0.15, 0.2) is 0 Å². The standard InChI is InChI=1S/C10H21NO2/c1-5-6-7-11(4)9(8(2)3)10(12)13/h8-9H,5-7H2,1-4H3,(H,12,13). The van der Waals surface area contributed by atoms with Gasteiger partial charge < -0.3 is 5.11 Å². The van der Waals surface area contributed by atoms with E-state index in [9.17, 15) is 4.79 Å². The molecule has 0 heterocycles. The van der Waals surface area contributed by atoms with Crippen LogP contribution in [0.5, 0.6) is 0 Å². The number of carbonyl (C=O) groups is 1. The van der Waals surface area contributed by atoms with Crippen molar-refractivity contribution >= 4 is 5.97 Å². The number of unbranched alkanes of at least 4 members (excludes halogenated alkanes) is 1. The van der Waals surface area contributed by atoms with Gasteiger partial charge in [0.25, 0.3) is 0 Å². The molecule has 0 rings (SSSR count). The highest BCUT2D eigenvalue weighted by molar-refractivity contribution is 5.73. The molecule has 78 valence electrons. The lowest BCUT2D eigenvalue weighted by Gasteiger charge is -2.27. The lowest BCUT2D eigenvalue weighted by molar-refractivity contribution is -0.144. The molecular formula is C10H21NO2. The van der Waals surface area contributed by atoms with Crippen molar-refractivity contribution in [1.82, 2.24) is 4.90 Å². The number of aliphatic carboxylic acids is 1.